The summed E-state index contributed by atoms with van der Waals surface area (Å²) in [6, 6.07) is -0.766. The predicted molar refractivity (Wildman–Crippen MR) is 254 cm³/mol. The topological polar surface area (TPSA) is 89.8 Å². The molecule has 0 saturated carbocycles. The van der Waals surface area contributed by atoms with Gasteiger partial charge in [-0.15, -0.1) is 0 Å². The minimum absolute atomic E-state index is 0.00549. The molecule has 3 unspecified atom stereocenters. The van der Waals surface area contributed by atoms with Gasteiger partial charge in [-0.2, -0.15) is 0 Å². The number of allylic oxidation sites excluding steroid dienone is 5. The first-order valence-corrected chi connectivity index (χ1v) is 25.8. The molecular formula is C53H101NO4. The van der Waals surface area contributed by atoms with Crippen molar-refractivity contribution in [3.8, 4) is 0 Å². The average molecular weight is 816 g/mol. The Hall–Kier alpha value is -1.43. The molecule has 0 aliphatic carbocycles. The number of nitrogens with one attached hydrogen (secondary N) is 1. The van der Waals surface area contributed by atoms with Crippen LogP contribution in [-0.4, -0.2) is 46.1 Å². The SMILES string of the molecule is CCCCCCCCCCCC/C=C/CC/C=C/CC/C=C/C(O)C(CO)NC(=O)CC(O)CCCCCCCCCCCCCCCCCCCCCCCCC. The number of aliphatic hydroxyl groups excluding tert-OH is 3. The maximum atomic E-state index is 12.5. The van der Waals surface area contributed by atoms with Crippen molar-refractivity contribution < 1.29 is 20.1 Å². The summed E-state index contributed by atoms with van der Waals surface area (Å²) in [6.45, 7) is 4.22. The molecule has 0 radical (unpaired) electrons. The fourth-order valence-corrected chi connectivity index (χ4v) is 7.96. The molecule has 5 heteroatoms. The van der Waals surface area contributed by atoms with Crippen LogP contribution in [0.5, 0.6) is 0 Å². The maximum Gasteiger partial charge on any atom is 0.222 e. The van der Waals surface area contributed by atoms with Crippen molar-refractivity contribution in [2.75, 3.05) is 6.61 Å². The van der Waals surface area contributed by atoms with Gasteiger partial charge in [0.2, 0.25) is 5.91 Å². The lowest BCUT2D eigenvalue weighted by molar-refractivity contribution is -0.124. The maximum absolute atomic E-state index is 12.5. The van der Waals surface area contributed by atoms with Crippen LogP contribution in [0.3, 0.4) is 0 Å². The summed E-state index contributed by atoms with van der Waals surface area (Å²) < 4.78 is 0. The van der Waals surface area contributed by atoms with Crippen LogP contribution in [0.25, 0.3) is 0 Å². The molecule has 0 aliphatic rings. The van der Waals surface area contributed by atoms with Gasteiger partial charge < -0.3 is 20.6 Å². The molecule has 4 N–H and O–H groups in total. The van der Waals surface area contributed by atoms with Crippen molar-refractivity contribution in [2.45, 2.75) is 289 Å². The van der Waals surface area contributed by atoms with Crippen molar-refractivity contribution >= 4 is 5.91 Å². The third-order valence-corrected chi connectivity index (χ3v) is 11.9. The molecule has 1 amide bonds. The number of hydrogen-bond acceptors (Lipinski definition) is 4. The van der Waals surface area contributed by atoms with Gasteiger partial charge in [0.15, 0.2) is 0 Å². The van der Waals surface area contributed by atoms with E-state index in [9.17, 15) is 20.1 Å². The third kappa shape index (κ3) is 44.1. The molecule has 0 saturated heterocycles. The van der Waals surface area contributed by atoms with Gasteiger partial charge in [-0.25, -0.2) is 0 Å². The zero-order chi connectivity index (χ0) is 42.3. The molecule has 0 spiro atoms. The van der Waals surface area contributed by atoms with Gasteiger partial charge in [0, 0.05) is 0 Å². The second-order valence-corrected chi connectivity index (χ2v) is 17.8. The standard InChI is InChI=1S/C53H101NO4/c1-3-5-7-9-11-13-15-17-19-21-23-25-26-27-28-30-32-34-36-38-40-42-44-46-50(56)48-53(58)54-51(49-55)52(57)47-45-43-41-39-37-35-33-31-29-24-22-20-18-16-14-12-10-8-6-4-2/h29,31,37,39,45,47,50-52,55-57H,3-28,30,32-36,38,40-44,46,48-49H2,1-2H3,(H,54,58)/b31-29+,39-37+,47-45+. The summed E-state index contributed by atoms with van der Waals surface area (Å²) >= 11 is 0. The molecule has 0 aliphatic heterocycles. The average Bonchev–Trinajstić information content (AvgIpc) is 3.22. The third-order valence-electron chi connectivity index (χ3n) is 11.9. The van der Waals surface area contributed by atoms with Crippen LogP contribution in [0, 0.1) is 0 Å². The van der Waals surface area contributed by atoms with E-state index in [0.29, 0.717) is 6.42 Å². The number of hydrogen-bond donors (Lipinski definition) is 4. The Morgan fingerprint density at radius 1 is 0.431 bits per heavy atom. The lowest BCUT2D eigenvalue weighted by Gasteiger charge is -2.21. The minimum atomic E-state index is -0.958. The Morgan fingerprint density at radius 3 is 1.10 bits per heavy atom. The molecular weight excluding hydrogens is 715 g/mol. The number of carbonyl (C=O) groups is 1. The van der Waals surface area contributed by atoms with E-state index in [2.05, 4.69) is 43.5 Å². The summed E-state index contributed by atoms with van der Waals surface area (Å²) in [6.07, 6.45) is 61.7. The first kappa shape index (κ1) is 56.6. The number of aliphatic hydroxyl groups is 3. The van der Waals surface area contributed by atoms with Gasteiger partial charge in [0.05, 0.1) is 31.3 Å². The van der Waals surface area contributed by atoms with Crippen LogP contribution in [0.4, 0.5) is 0 Å². The van der Waals surface area contributed by atoms with E-state index in [4.69, 9.17) is 0 Å². The molecule has 3 atom stereocenters. The zero-order valence-electron chi connectivity index (χ0n) is 38.9. The van der Waals surface area contributed by atoms with Crippen molar-refractivity contribution in [1.29, 1.82) is 0 Å². The quantitative estimate of drug-likeness (QED) is 0.0364. The van der Waals surface area contributed by atoms with Crippen LogP contribution in [0.2, 0.25) is 0 Å². The van der Waals surface area contributed by atoms with Gasteiger partial charge in [0.1, 0.15) is 0 Å². The van der Waals surface area contributed by atoms with E-state index in [1.165, 1.54) is 205 Å². The van der Waals surface area contributed by atoms with Gasteiger partial charge in [-0.1, -0.05) is 256 Å². The van der Waals surface area contributed by atoms with Crippen molar-refractivity contribution in [1.82, 2.24) is 5.32 Å². The summed E-state index contributed by atoms with van der Waals surface area (Å²) in [7, 11) is 0. The van der Waals surface area contributed by atoms with E-state index in [1.807, 2.05) is 6.08 Å². The predicted octanol–water partition coefficient (Wildman–Crippen LogP) is 15.5. The summed E-state index contributed by atoms with van der Waals surface area (Å²) in [5.74, 6) is -0.325. The Balaban J connectivity index is 3.64. The molecule has 58 heavy (non-hydrogen) atoms. The van der Waals surface area contributed by atoms with Crippen molar-refractivity contribution in [3.63, 3.8) is 0 Å². The highest BCUT2D eigenvalue weighted by Crippen LogP contribution is 2.17. The fraction of sp³-hybridized carbons (Fsp3) is 0.868. The lowest BCUT2D eigenvalue weighted by atomic mass is 10.0. The van der Waals surface area contributed by atoms with Gasteiger partial charge >= 0.3 is 0 Å². The molecule has 0 aromatic carbocycles. The number of carbonyl (C=O) groups excluding carboxylic acids is 1. The van der Waals surface area contributed by atoms with Crippen molar-refractivity contribution in [3.05, 3.63) is 36.5 Å². The Morgan fingerprint density at radius 2 is 0.741 bits per heavy atom. The first-order valence-electron chi connectivity index (χ1n) is 25.8. The molecule has 5 nitrogen and oxygen atoms in total. The molecule has 0 rings (SSSR count). The molecule has 0 fully saturated rings. The summed E-state index contributed by atoms with van der Waals surface area (Å²) in [4.78, 5) is 12.5. The van der Waals surface area contributed by atoms with E-state index >= 15 is 0 Å². The van der Waals surface area contributed by atoms with E-state index in [0.717, 1.165) is 38.5 Å². The molecule has 0 aromatic rings. The Kier molecular flexibility index (Phi) is 47.0. The number of unbranched alkanes of at least 4 members (excludes halogenated alkanes) is 34. The highest BCUT2D eigenvalue weighted by Gasteiger charge is 2.20. The highest BCUT2D eigenvalue weighted by atomic mass is 16.3. The monoisotopic (exact) mass is 816 g/mol. The van der Waals surface area contributed by atoms with Crippen LogP contribution >= 0.6 is 0 Å². The van der Waals surface area contributed by atoms with Gasteiger partial charge in [-0.3, -0.25) is 4.79 Å². The summed E-state index contributed by atoms with van der Waals surface area (Å²) in [5.41, 5.74) is 0. The van der Waals surface area contributed by atoms with E-state index in [-0.39, 0.29) is 18.9 Å². The second kappa shape index (κ2) is 48.2. The highest BCUT2D eigenvalue weighted by molar-refractivity contribution is 5.76. The Bertz CT molecular complexity index is 901. The van der Waals surface area contributed by atoms with Crippen LogP contribution in [-0.2, 0) is 4.79 Å². The number of rotatable bonds is 47. The van der Waals surface area contributed by atoms with Gasteiger partial charge in [0.25, 0.3) is 0 Å². The minimum Gasteiger partial charge on any atom is -0.394 e. The van der Waals surface area contributed by atoms with Crippen LogP contribution < -0.4 is 5.32 Å². The Labute approximate surface area is 362 Å². The number of amides is 1. The largest absolute Gasteiger partial charge is 0.394 e. The first-order chi connectivity index (χ1) is 28.5. The van der Waals surface area contributed by atoms with Crippen LogP contribution in [0.1, 0.15) is 271 Å². The molecule has 0 heterocycles. The van der Waals surface area contributed by atoms with Gasteiger partial charge in [-0.05, 0) is 44.9 Å². The van der Waals surface area contributed by atoms with E-state index < -0.39 is 18.2 Å². The van der Waals surface area contributed by atoms with E-state index in [1.54, 1.807) is 6.08 Å². The molecule has 0 aromatic heterocycles. The smallest absolute Gasteiger partial charge is 0.222 e. The molecule has 0 bridgehead atoms. The summed E-state index contributed by atoms with van der Waals surface area (Å²) in [5, 5.41) is 33.3. The lowest BCUT2D eigenvalue weighted by Crippen LogP contribution is -2.45. The van der Waals surface area contributed by atoms with Crippen LogP contribution in [0.15, 0.2) is 36.5 Å². The molecule has 342 valence electrons. The fourth-order valence-electron chi connectivity index (χ4n) is 7.96. The normalized spacial score (nSPS) is 13.7. The zero-order valence-corrected chi connectivity index (χ0v) is 38.9. The second-order valence-electron chi connectivity index (χ2n) is 17.8. The van der Waals surface area contributed by atoms with Crippen molar-refractivity contribution in [2.24, 2.45) is 0 Å².